The van der Waals surface area contributed by atoms with Gasteiger partial charge in [0, 0.05) is 65.3 Å². The molecule has 232 valence electrons. The number of hydrogen-bond donors (Lipinski definition) is 6. The van der Waals surface area contributed by atoms with Crippen molar-refractivity contribution in [2.24, 2.45) is 5.73 Å². The summed E-state index contributed by atoms with van der Waals surface area (Å²) in [6, 6.07) is 0. The zero-order chi connectivity index (χ0) is 29.5. The maximum Gasteiger partial charge on any atom is 2.00 e. The van der Waals surface area contributed by atoms with Crippen LogP contribution in [-0.2, 0) is 41.0 Å². The third-order valence-electron chi connectivity index (χ3n) is 5.88. The molecule has 0 aromatic rings. The van der Waals surface area contributed by atoms with Crippen molar-refractivity contribution in [3.8, 4) is 0 Å². The van der Waals surface area contributed by atoms with Crippen LogP contribution in [0.5, 0.6) is 0 Å². The summed E-state index contributed by atoms with van der Waals surface area (Å²) in [6.07, 6.45) is 5.84. The van der Waals surface area contributed by atoms with E-state index in [1.165, 1.54) is 6.92 Å². The minimum absolute atomic E-state index is 0. The van der Waals surface area contributed by atoms with Gasteiger partial charge in [-0.3, -0.25) is 39.6 Å². The fourth-order valence-electron chi connectivity index (χ4n) is 3.45. The van der Waals surface area contributed by atoms with Crippen LogP contribution in [0, 0.1) is 0 Å². The van der Waals surface area contributed by atoms with Crippen molar-refractivity contribution in [2.45, 2.75) is 90.4 Å². The molecule has 0 spiro atoms. The van der Waals surface area contributed by atoms with E-state index in [0.29, 0.717) is 73.3 Å². The Morgan fingerprint density at radius 1 is 0.575 bits per heavy atom. The molecule has 0 bridgehead atoms. The molecule has 14 nitrogen and oxygen atoms in total. The van der Waals surface area contributed by atoms with Gasteiger partial charge in [-0.05, 0) is 57.9 Å². The summed E-state index contributed by atoms with van der Waals surface area (Å²) in [5, 5.41) is 36.1. The molecule has 0 aromatic carbocycles. The minimum Gasteiger partial charge on any atom is -0.356 e. The Kier molecular flexibility index (Phi) is 25.6. The van der Waals surface area contributed by atoms with Crippen LogP contribution < -0.4 is 16.4 Å². The van der Waals surface area contributed by atoms with Crippen LogP contribution in [0.25, 0.3) is 0 Å². The second-order valence-corrected chi connectivity index (χ2v) is 9.35. The first kappa shape index (κ1) is 39.9. The number of hydroxylamine groups is 6. The van der Waals surface area contributed by atoms with Crippen LogP contribution in [0.4, 0.5) is 0 Å². The molecule has 5 amide bonds. The predicted octanol–water partition coefficient (Wildman–Crippen LogP) is 0.920. The van der Waals surface area contributed by atoms with Gasteiger partial charge in [-0.2, -0.15) is 0 Å². The van der Waals surface area contributed by atoms with Crippen molar-refractivity contribution in [3.05, 3.63) is 0 Å². The minimum atomic E-state index is -0.548. The summed E-state index contributed by atoms with van der Waals surface area (Å²) in [5.74, 6) is -2.05. The average Bonchev–Trinajstić information content (AvgIpc) is 2.91. The van der Waals surface area contributed by atoms with E-state index in [9.17, 15) is 39.6 Å². The summed E-state index contributed by atoms with van der Waals surface area (Å²) in [6.45, 7) is 3.22. The molecule has 7 N–H and O–H groups in total. The number of rotatable bonds is 23. The number of carbonyl (C=O) groups excluding carboxylic acids is 5. The molecule has 0 atom stereocenters. The van der Waals surface area contributed by atoms with E-state index in [0.717, 1.165) is 19.3 Å². The first-order chi connectivity index (χ1) is 18.6. The van der Waals surface area contributed by atoms with Gasteiger partial charge in [0.05, 0.1) is 0 Å². The number of unbranched alkanes of at least 4 members (excludes halogenated alkanes) is 6. The fourth-order valence-corrected chi connectivity index (χ4v) is 3.45. The van der Waals surface area contributed by atoms with Crippen LogP contribution in [-0.4, -0.2) is 99.6 Å². The third kappa shape index (κ3) is 22.5. The van der Waals surface area contributed by atoms with Crippen molar-refractivity contribution in [2.75, 3.05) is 39.3 Å². The molecular formula is C25H48FeN6O8+2. The Bertz CT molecular complexity index is 746. The molecule has 0 aliphatic carbocycles. The van der Waals surface area contributed by atoms with Gasteiger partial charge in [-0.1, -0.05) is 6.42 Å². The molecule has 0 heterocycles. The third-order valence-corrected chi connectivity index (χ3v) is 5.88. The number of amides is 5. The summed E-state index contributed by atoms with van der Waals surface area (Å²) >= 11 is 0. The molecule has 0 saturated carbocycles. The first-order valence-corrected chi connectivity index (χ1v) is 13.8. The number of nitrogens with two attached hydrogens (primary N) is 1. The maximum atomic E-state index is 12.0. The molecule has 0 rings (SSSR count). The van der Waals surface area contributed by atoms with Gasteiger partial charge in [-0.25, -0.2) is 15.2 Å². The summed E-state index contributed by atoms with van der Waals surface area (Å²) < 4.78 is 0. The van der Waals surface area contributed by atoms with Gasteiger partial charge >= 0.3 is 17.1 Å². The molecule has 0 saturated heterocycles. The van der Waals surface area contributed by atoms with Crippen LogP contribution in [0.2, 0.25) is 0 Å². The van der Waals surface area contributed by atoms with E-state index in [1.54, 1.807) is 0 Å². The number of hydrogen-bond acceptors (Lipinski definition) is 9. The van der Waals surface area contributed by atoms with Gasteiger partial charge in [0.2, 0.25) is 29.5 Å². The van der Waals surface area contributed by atoms with Crippen molar-refractivity contribution < 1.29 is 56.7 Å². The van der Waals surface area contributed by atoms with E-state index in [1.807, 2.05) is 0 Å². The maximum absolute atomic E-state index is 12.0. The Morgan fingerprint density at radius 3 is 1.32 bits per heavy atom. The molecule has 40 heavy (non-hydrogen) atoms. The second kappa shape index (κ2) is 25.7. The standard InChI is InChI=1S/C25H48N6O8.Fe/c1-21(32)29(37)18-9-3-6-16-27-22(33)12-14-25(36)31(39)20-10-4-7-17-28-23(34)11-13-24(35)30(38)19-8-2-5-15-26;/h37-39H,2-20,26H2,1H3,(H,27,33)(H,28,34);/q;+2. The summed E-state index contributed by atoms with van der Waals surface area (Å²) in [5.41, 5.74) is 5.39. The molecule has 0 aliphatic heterocycles. The largest absolute Gasteiger partial charge is 2.00 e. The van der Waals surface area contributed by atoms with Crippen molar-refractivity contribution in [1.82, 2.24) is 25.8 Å². The SMILES string of the molecule is CC(=O)N(O)CCCCCNC(=O)CCC(=O)N(O)CCCCCNC(=O)CCC(=O)N(O)CCCCCN.[Fe+2]. The van der Waals surface area contributed by atoms with Gasteiger partial charge < -0.3 is 16.4 Å². The summed E-state index contributed by atoms with van der Waals surface area (Å²) in [7, 11) is 0. The molecule has 0 radical (unpaired) electrons. The Hall–Kier alpha value is -2.29. The predicted molar refractivity (Wildman–Crippen MR) is 141 cm³/mol. The van der Waals surface area contributed by atoms with E-state index >= 15 is 0 Å². The van der Waals surface area contributed by atoms with E-state index < -0.39 is 17.7 Å². The monoisotopic (exact) mass is 616 g/mol. The molecule has 15 heteroatoms. The molecule has 0 aliphatic rings. The number of nitrogens with one attached hydrogen (secondary N) is 2. The normalized spacial score (nSPS) is 10.3. The van der Waals surface area contributed by atoms with Gasteiger partial charge in [0.15, 0.2) is 0 Å². The van der Waals surface area contributed by atoms with Crippen LogP contribution >= 0.6 is 0 Å². The molecule has 0 unspecified atom stereocenters. The molecule has 0 fully saturated rings. The van der Waals surface area contributed by atoms with Crippen LogP contribution in [0.15, 0.2) is 0 Å². The second-order valence-electron chi connectivity index (χ2n) is 9.35. The number of carbonyl (C=O) groups is 5. The first-order valence-electron chi connectivity index (χ1n) is 13.8. The number of nitrogens with zero attached hydrogens (tertiary/aromatic N) is 3. The fraction of sp³-hybridized carbons (Fsp3) is 0.800. The molecule has 0 aromatic heterocycles. The zero-order valence-corrected chi connectivity index (χ0v) is 24.7. The van der Waals surface area contributed by atoms with Crippen LogP contribution in [0.3, 0.4) is 0 Å². The Labute approximate surface area is 247 Å². The average molecular weight is 617 g/mol. The van der Waals surface area contributed by atoms with E-state index in [4.69, 9.17) is 5.73 Å². The smallest absolute Gasteiger partial charge is 0.356 e. The van der Waals surface area contributed by atoms with Crippen molar-refractivity contribution >= 4 is 29.5 Å². The summed E-state index contributed by atoms with van der Waals surface area (Å²) in [4.78, 5) is 58.4. The Morgan fingerprint density at radius 2 is 0.950 bits per heavy atom. The molecular weight excluding hydrogens is 568 g/mol. The zero-order valence-electron chi connectivity index (χ0n) is 23.6. The quantitative estimate of drug-likeness (QED) is 0.0417. The Balaban J connectivity index is 0. The van der Waals surface area contributed by atoms with E-state index in [2.05, 4.69) is 10.6 Å². The van der Waals surface area contributed by atoms with Gasteiger partial charge in [-0.15, -0.1) is 0 Å². The van der Waals surface area contributed by atoms with Gasteiger partial charge in [0.1, 0.15) is 0 Å². The van der Waals surface area contributed by atoms with Crippen molar-refractivity contribution in [1.29, 1.82) is 0 Å². The van der Waals surface area contributed by atoms with Crippen molar-refractivity contribution in [3.63, 3.8) is 0 Å². The van der Waals surface area contributed by atoms with E-state index in [-0.39, 0.29) is 74.2 Å². The van der Waals surface area contributed by atoms with Crippen LogP contribution in [0.1, 0.15) is 90.4 Å². The van der Waals surface area contributed by atoms with Gasteiger partial charge in [0.25, 0.3) is 0 Å². The topological polar surface area (TPSA) is 206 Å².